The molecule has 0 atom stereocenters. The maximum Gasteiger partial charge on any atom is 0.417 e. The Labute approximate surface area is 229 Å². The van der Waals surface area contributed by atoms with Gasteiger partial charge in [0.15, 0.2) is 11.5 Å². The van der Waals surface area contributed by atoms with Gasteiger partial charge in [-0.3, -0.25) is 9.29 Å². The first-order valence-corrected chi connectivity index (χ1v) is 14.2. The smallest absolute Gasteiger partial charge is 0.417 e. The third kappa shape index (κ3) is 5.56. The summed E-state index contributed by atoms with van der Waals surface area (Å²) >= 11 is 6.16. The van der Waals surface area contributed by atoms with E-state index in [0.29, 0.717) is 68.3 Å². The highest BCUT2D eigenvalue weighted by molar-refractivity contribution is 7.92. The molecule has 0 amide bonds. The number of oxazole rings is 1. The molecule has 0 bridgehead atoms. The van der Waals surface area contributed by atoms with Crippen molar-refractivity contribution in [2.45, 2.75) is 0 Å². The number of aromatic amines is 2. The molecular weight excluding hydrogens is 542 g/mol. The first-order valence-electron chi connectivity index (χ1n) is 11.9. The summed E-state index contributed by atoms with van der Waals surface area (Å²) in [5.74, 6) is -0.680. The molecule has 12 heteroatoms. The van der Waals surface area contributed by atoms with Crippen molar-refractivity contribution in [3.8, 4) is 5.88 Å². The number of H-pyrrole nitrogens is 2. The highest BCUT2D eigenvalue weighted by atomic mass is 35.5. The molecule has 0 aliphatic heterocycles. The van der Waals surface area contributed by atoms with Crippen molar-refractivity contribution in [3.63, 3.8) is 0 Å². The third-order valence-corrected chi connectivity index (χ3v) is 7.63. The summed E-state index contributed by atoms with van der Waals surface area (Å²) in [7, 11) is 0.263. The van der Waals surface area contributed by atoms with E-state index in [4.69, 9.17) is 21.0 Å². The van der Waals surface area contributed by atoms with Crippen molar-refractivity contribution < 1.29 is 17.9 Å². The maximum atomic E-state index is 12.4. The van der Waals surface area contributed by atoms with Crippen LogP contribution in [0.3, 0.4) is 0 Å². The predicted molar refractivity (Wildman–Crippen MR) is 154 cm³/mol. The first kappa shape index (κ1) is 26.5. The second-order valence-electron chi connectivity index (χ2n) is 9.38. The van der Waals surface area contributed by atoms with Gasteiger partial charge in [0.05, 0.1) is 39.9 Å². The van der Waals surface area contributed by atoms with Gasteiger partial charge >= 0.3 is 5.76 Å². The molecule has 0 aliphatic rings. The van der Waals surface area contributed by atoms with Gasteiger partial charge in [0.1, 0.15) is 0 Å². The number of hydrogen-bond donors (Lipinski definition) is 3. The molecule has 2 heterocycles. The molecule has 39 heavy (non-hydrogen) atoms. The zero-order chi connectivity index (χ0) is 27.9. The summed E-state index contributed by atoms with van der Waals surface area (Å²) in [5.41, 5.74) is 4.01. The summed E-state index contributed by atoms with van der Waals surface area (Å²) < 4.78 is 31.4. The van der Waals surface area contributed by atoms with Gasteiger partial charge in [-0.05, 0) is 68.7 Å². The molecule has 0 saturated heterocycles. The molecule has 5 aromatic rings. The molecule has 3 aromatic carbocycles. The Morgan fingerprint density at radius 2 is 1.74 bits per heavy atom. The van der Waals surface area contributed by atoms with E-state index in [9.17, 15) is 18.3 Å². The second kappa shape index (κ2) is 10.3. The Balaban J connectivity index is 1.64. The molecule has 0 aliphatic carbocycles. The van der Waals surface area contributed by atoms with Gasteiger partial charge in [-0.2, -0.15) is 0 Å². The number of anilines is 1. The molecule has 0 fully saturated rings. The summed E-state index contributed by atoms with van der Waals surface area (Å²) in [6.07, 6.45) is 1.18. The predicted octanol–water partition coefficient (Wildman–Crippen LogP) is 4.46. The molecular formula is C27H26ClN5O5S. The molecule has 0 saturated carbocycles. The molecule has 2 aromatic heterocycles. The first-order chi connectivity index (χ1) is 18.5. The van der Waals surface area contributed by atoms with Crippen LogP contribution in [0, 0.1) is 0 Å². The number of halogens is 1. The zero-order valence-corrected chi connectivity index (χ0v) is 23.0. The van der Waals surface area contributed by atoms with E-state index >= 15 is 0 Å². The van der Waals surface area contributed by atoms with Gasteiger partial charge in [-0.25, -0.2) is 18.2 Å². The number of likely N-dealkylation sites (N-methyl/N-ethyl adjacent to an activating group) is 1. The van der Waals surface area contributed by atoms with Gasteiger partial charge in [0.25, 0.3) is 0 Å². The topological polar surface area (TPSA) is 135 Å². The fourth-order valence-corrected chi connectivity index (χ4v) is 5.45. The molecule has 10 nitrogen and oxygen atoms in total. The zero-order valence-electron chi connectivity index (χ0n) is 21.4. The monoisotopic (exact) mass is 567 g/mol. The number of benzene rings is 3. The van der Waals surface area contributed by atoms with Crippen LogP contribution in [-0.4, -0.2) is 67.5 Å². The number of aromatic nitrogens is 2. The molecule has 3 N–H and O–H groups in total. The summed E-state index contributed by atoms with van der Waals surface area (Å²) in [4.78, 5) is 24.1. The van der Waals surface area contributed by atoms with Crippen LogP contribution in [0.4, 0.5) is 11.4 Å². The minimum atomic E-state index is -3.50. The molecule has 0 spiro atoms. The summed E-state index contributed by atoms with van der Waals surface area (Å²) in [5, 5.41) is 12.1. The number of hydrogen-bond acceptors (Lipinski definition) is 7. The SMILES string of the molecule is CN(C)CCN(c1ccc(N=C(c2ccc3oc(=O)[nH]c3c2)c2c(O)[nH]c3cc(Cl)ccc23)cc1)S(C)(=O)=O. The lowest BCUT2D eigenvalue weighted by Gasteiger charge is -2.24. The van der Waals surface area contributed by atoms with Crippen molar-refractivity contribution in [2.75, 3.05) is 37.7 Å². The lowest BCUT2D eigenvalue weighted by Crippen LogP contribution is -2.35. The molecule has 5 rings (SSSR count). The number of sulfonamides is 1. The Hall–Kier alpha value is -4.06. The van der Waals surface area contributed by atoms with E-state index < -0.39 is 15.8 Å². The highest BCUT2D eigenvalue weighted by Gasteiger charge is 2.21. The lowest BCUT2D eigenvalue weighted by molar-refractivity contribution is 0.419. The minimum absolute atomic E-state index is 0.102. The van der Waals surface area contributed by atoms with Crippen LogP contribution in [0.5, 0.6) is 5.88 Å². The van der Waals surface area contributed by atoms with Crippen LogP contribution < -0.4 is 10.1 Å². The number of nitrogens with zero attached hydrogens (tertiary/aromatic N) is 3. The van der Waals surface area contributed by atoms with E-state index in [1.165, 1.54) is 10.6 Å². The van der Waals surface area contributed by atoms with Crippen molar-refractivity contribution in [2.24, 2.45) is 4.99 Å². The second-order valence-corrected chi connectivity index (χ2v) is 11.7. The van der Waals surface area contributed by atoms with Crippen LogP contribution in [0.25, 0.3) is 22.0 Å². The van der Waals surface area contributed by atoms with Crippen LogP contribution in [0.15, 0.2) is 74.9 Å². The Bertz CT molecular complexity index is 1870. The summed E-state index contributed by atoms with van der Waals surface area (Å²) in [6.45, 7) is 0.855. The molecule has 0 radical (unpaired) electrons. The van der Waals surface area contributed by atoms with Gasteiger partial charge < -0.3 is 19.4 Å². The quantitative estimate of drug-likeness (QED) is 0.237. The fraction of sp³-hybridized carbons (Fsp3) is 0.185. The molecule has 0 unspecified atom stereocenters. The standard InChI is InChI=1S/C27H26ClN5O5S/c1-32(2)12-13-33(39(3,36)37)19-8-6-18(7-9-19)29-25(16-4-11-23-22(14-16)31-27(35)38-23)24-20-10-5-17(28)15-21(20)30-26(24)34/h4-11,14-15,30,34H,12-13H2,1-3H3,(H,31,35). The largest absolute Gasteiger partial charge is 0.494 e. The number of rotatable bonds is 8. The lowest BCUT2D eigenvalue weighted by atomic mass is 10.0. The van der Waals surface area contributed by atoms with Crippen LogP contribution in [0.1, 0.15) is 11.1 Å². The third-order valence-electron chi connectivity index (χ3n) is 6.20. The fourth-order valence-electron chi connectivity index (χ4n) is 4.36. The van der Waals surface area contributed by atoms with Crippen molar-refractivity contribution in [1.82, 2.24) is 14.9 Å². The van der Waals surface area contributed by atoms with E-state index in [1.807, 2.05) is 19.0 Å². The Morgan fingerprint density at radius 3 is 2.44 bits per heavy atom. The van der Waals surface area contributed by atoms with Gasteiger partial charge in [0.2, 0.25) is 10.0 Å². The van der Waals surface area contributed by atoms with E-state index in [1.54, 1.807) is 60.7 Å². The van der Waals surface area contributed by atoms with Crippen molar-refractivity contribution in [3.05, 3.63) is 87.4 Å². The van der Waals surface area contributed by atoms with Crippen molar-refractivity contribution in [1.29, 1.82) is 0 Å². The number of aromatic hydroxyl groups is 1. The van der Waals surface area contributed by atoms with Crippen LogP contribution >= 0.6 is 11.6 Å². The average molecular weight is 568 g/mol. The van der Waals surface area contributed by atoms with E-state index in [0.717, 1.165) is 0 Å². The average Bonchev–Trinajstić information content (AvgIpc) is 3.39. The van der Waals surface area contributed by atoms with Crippen LogP contribution in [-0.2, 0) is 10.0 Å². The normalized spacial score (nSPS) is 12.6. The minimum Gasteiger partial charge on any atom is -0.494 e. The Morgan fingerprint density at radius 1 is 1.00 bits per heavy atom. The number of aliphatic imine (C=N–C) groups is 1. The van der Waals surface area contributed by atoms with Crippen LogP contribution in [0.2, 0.25) is 5.02 Å². The number of nitrogens with one attached hydrogen (secondary N) is 2. The van der Waals surface area contributed by atoms with Gasteiger partial charge in [0, 0.05) is 29.1 Å². The van der Waals surface area contributed by atoms with E-state index in [-0.39, 0.29) is 5.88 Å². The van der Waals surface area contributed by atoms with Gasteiger partial charge in [-0.15, -0.1) is 0 Å². The summed E-state index contributed by atoms with van der Waals surface area (Å²) in [6, 6.07) is 17.1. The Kier molecular flexibility index (Phi) is 6.98. The van der Waals surface area contributed by atoms with Crippen molar-refractivity contribution >= 4 is 60.7 Å². The maximum absolute atomic E-state index is 12.4. The van der Waals surface area contributed by atoms with E-state index in [2.05, 4.69) is 9.97 Å². The molecule has 202 valence electrons. The number of fused-ring (bicyclic) bond motifs is 2. The van der Waals surface area contributed by atoms with Gasteiger partial charge in [-0.1, -0.05) is 17.7 Å². The highest BCUT2D eigenvalue weighted by Crippen LogP contribution is 2.34.